The van der Waals surface area contributed by atoms with Gasteiger partial charge in [-0.1, -0.05) is 23.7 Å². The predicted octanol–water partition coefficient (Wildman–Crippen LogP) is 1.35. The van der Waals surface area contributed by atoms with Gasteiger partial charge in [0.25, 0.3) is 11.3 Å². The normalized spacial score (nSPS) is 10.8. The van der Waals surface area contributed by atoms with Crippen LogP contribution >= 0.6 is 11.6 Å². The van der Waals surface area contributed by atoms with Gasteiger partial charge in [0.1, 0.15) is 17.9 Å². The van der Waals surface area contributed by atoms with Gasteiger partial charge in [-0.3, -0.25) is 9.89 Å². The molecule has 0 spiro atoms. The Morgan fingerprint density at radius 2 is 2.18 bits per heavy atom. The van der Waals surface area contributed by atoms with Crippen molar-refractivity contribution in [1.82, 2.24) is 19.6 Å². The van der Waals surface area contributed by atoms with E-state index in [9.17, 15) is 9.59 Å². The Kier molecular flexibility index (Phi) is 3.51. The topological polar surface area (TPSA) is 110 Å². The molecule has 0 aliphatic carbocycles. The van der Waals surface area contributed by atoms with E-state index >= 15 is 0 Å². The summed E-state index contributed by atoms with van der Waals surface area (Å²) in [5.74, 6) is -0.508. The molecule has 0 aliphatic heterocycles. The van der Waals surface area contributed by atoms with E-state index in [0.29, 0.717) is 16.6 Å². The minimum atomic E-state index is -1.35. The van der Waals surface area contributed by atoms with E-state index in [-0.39, 0.29) is 12.4 Å². The molecule has 8 nitrogen and oxygen atoms in total. The highest BCUT2D eigenvalue weighted by atomic mass is 35.5. The molecule has 1 aromatic carbocycles. The molecular weight excluding hydrogens is 312 g/mol. The Balaban J connectivity index is 1.90. The lowest BCUT2D eigenvalue weighted by Crippen LogP contribution is -2.23. The number of para-hydroxylation sites is 1. The number of aromatic carboxylic acids is 1. The number of aromatic amines is 1. The van der Waals surface area contributed by atoms with Crippen LogP contribution in [0, 0.1) is 0 Å². The van der Waals surface area contributed by atoms with Crippen LogP contribution in [0.25, 0.3) is 5.78 Å². The van der Waals surface area contributed by atoms with E-state index in [2.05, 4.69) is 15.1 Å². The molecule has 112 valence electrons. The SMILES string of the molecule is O=C(O)c1cnc2nc(COc3ccccc3Cl)[nH]n2c1=O. The van der Waals surface area contributed by atoms with Crippen LogP contribution in [-0.4, -0.2) is 30.7 Å². The third-order valence-electron chi connectivity index (χ3n) is 2.85. The van der Waals surface area contributed by atoms with Crippen LogP contribution in [0.5, 0.6) is 5.75 Å². The summed E-state index contributed by atoms with van der Waals surface area (Å²) >= 11 is 5.96. The van der Waals surface area contributed by atoms with Gasteiger partial charge in [-0.2, -0.15) is 9.50 Å². The van der Waals surface area contributed by atoms with Crippen molar-refractivity contribution in [2.24, 2.45) is 0 Å². The largest absolute Gasteiger partial charge is 0.484 e. The molecule has 0 fully saturated rings. The van der Waals surface area contributed by atoms with E-state index < -0.39 is 17.1 Å². The Bertz CT molecular complexity index is 918. The zero-order chi connectivity index (χ0) is 15.7. The monoisotopic (exact) mass is 320 g/mol. The molecule has 0 saturated carbocycles. The first-order valence-electron chi connectivity index (χ1n) is 6.13. The molecule has 0 radical (unpaired) electrons. The van der Waals surface area contributed by atoms with Crippen molar-refractivity contribution in [2.75, 3.05) is 0 Å². The number of aromatic nitrogens is 4. The van der Waals surface area contributed by atoms with Gasteiger partial charge < -0.3 is 9.84 Å². The highest BCUT2D eigenvalue weighted by Gasteiger charge is 2.14. The number of rotatable bonds is 4. The Labute approximate surface area is 127 Å². The van der Waals surface area contributed by atoms with Gasteiger partial charge in [-0.05, 0) is 12.1 Å². The molecule has 0 aliphatic rings. The molecule has 2 aromatic heterocycles. The number of fused-ring (bicyclic) bond motifs is 1. The Morgan fingerprint density at radius 3 is 2.91 bits per heavy atom. The maximum atomic E-state index is 11.9. The standard InChI is InChI=1S/C13H9ClN4O4/c14-8-3-1-2-4-9(8)22-6-10-16-13-15-5-7(12(20)21)11(19)18(13)17-10/h1-5H,6H2,(H,20,21)(H,15,16,17). The minimum Gasteiger partial charge on any atom is -0.484 e. The number of ether oxygens (including phenoxy) is 1. The summed E-state index contributed by atoms with van der Waals surface area (Å²) in [5, 5.41) is 12.0. The van der Waals surface area contributed by atoms with Gasteiger partial charge in [-0.15, -0.1) is 0 Å². The van der Waals surface area contributed by atoms with Crippen molar-refractivity contribution in [3.05, 3.63) is 57.2 Å². The maximum absolute atomic E-state index is 11.9. The fourth-order valence-corrected chi connectivity index (χ4v) is 2.01. The van der Waals surface area contributed by atoms with Crippen LogP contribution in [-0.2, 0) is 6.61 Å². The van der Waals surface area contributed by atoms with Crippen LogP contribution in [0.3, 0.4) is 0 Å². The van der Waals surface area contributed by atoms with Crippen molar-refractivity contribution < 1.29 is 14.6 Å². The quantitative estimate of drug-likeness (QED) is 0.751. The predicted molar refractivity (Wildman–Crippen MR) is 76.4 cm³/mol. The number of carboxylic acids is 1. The second kappa shape index (κ2) is 5.49. The molecule has 0 amide bonds. The highest BCUT2D eigenvalue weighted by molar-refractivity contribution is 6.32. The minimum absolute atomic E-state index is 0.0228. The van der Waals surface area contributed by atoms with Gasteiger partial charge in [-0.25, -0.2) is 9.78 Å². The Morgan fingerprint density at radius 1 is 1.41 bits per heavy atom. The summed E-state index contributed by atoms with van der Waals surface area (Å²) < 4.78 is 6.44. The van der Waals surface area contributed by atoms with Gasteiger partial charge in [0.2, 0.25) is 0 Å². The molecule has 0 saturated heterocycles. The number of benzene rings is 1. The van der Waals surface area contributed by atoms with Crippen molar-refractivity contribution in [1.29, 1.82) is 0 Å². The molecule has 0 unspecified atom stereocenters. The van der Waals surface area contributed by atoms with E-state index in [4.69, 9.17) is 21.4 Å². The average Bonchev–Trinajstić information content (AvgIpc) is 2.90. The molecule has 22 heavy (non-hydrogen) atoms. The number of nitrogens with one attached hydrogen (secondary N) is 1. The van der Waals surface area contributed by atoms with Crippen molar-refractivity contribution >= 4 is 23.3 Å². The highest BCUT2D eigenvalue weighted by Crippen LogP contribution is 2.23. The number of nitrogens with zero attached hydrogens (tertiary/aromatic N) is 3. The first-order valence-corrected chi connectivity index (χ1v) is 6.51. The number of carbonyl (C=O) groups is 1. The van der Waals surface area contributed by atoms with Crippen LogP contribution in [0.4, 0.5) is 0 Å². The van der Waals surface area contributed by atoms with E-state index in [1.165, 1.54) is 0 Å². The summed E-state index contributed by atoms with van der Waals surface area (Å²) in [5.41, 5.74) is -1.19. The molecule has 0 atom stereocenters. The lowest BCUT2D eigenvalue weighted by molar-refractivity contribution is 0.0694. The van der Waals surface area contributed by atoms with Gasteiger partial charge in [0, 0.05) is 0 Å². The van der Waals surface area contributed by atoms with Gasteiger partial charge in [0.15, 0.2) is 5.82 Å². The third kappa shape index (κ3) is 2.51. The summed E-state index contributed by atoms with van der Waals surface area (Å²) in [7, 11) is 0. The summed E-state index contributed by atoms with van der Waals surface area (Å²) in [4.78, 5) is 30.7. The van der Waals surface area contributed by atoms with E-state index in [0.717, 1.165) is 10.7 Å². The number of halogens is 1. The summed E-state index contributed by atoms with van der Waals surface area (Å²) in [6.45, 7) is 0.0228. The zero-order valence-electron chi connectivity index (χ0n) is 11.0. The molecule has 3 aromatic rings. The summed E-state index contributed by atoms with van der Waals surface area (Å²) in [6, 6.07) is 6.91. The third-order valence-corrected chi connectivity index (χ3v) is 3.16. The van der Waals surface area contributed by atoms with Crippen LogP contribution in [0.15, 0.2) is 35.3 Å². The first-order chi connectivity index (χ1) is 10.6. The fourth-order valence-electron chi connectivity index (χ4n) is 1.82. The van der Waals surface area contributed by atoms with Crippen molar-refractivity contribution in [2.45, 2.75) is 6.61 Å². The van der Waals surface area contributed by atoms with Crippen LogP contribution in [0.2, 0.25) is 5.02 Å². The van der Waals surface area contributed by atoms with Crippen molar-refractivity contribution in [3.8, 4) is 5.75 Å². The second-order valence-electron chi connectivity index (χ2n) is 4.31. The lowest BCUT2D eigenvalue weighted by Gasteiger charge is -2.04. The number of H-pyrrole nitrogens is 1. The maximum Gasteiger partial charge on any atom is 0.343 e. The first kappa shape index (κ1) is 14.1. The average molecular weight is 321 g/mol. The summed E-state index contributed by atoms with van der Waals surface area (Å²) in [6.07, 6.45) is 0.972. The van der Waals surface area contributed by atoms with E-state index in [1.807, 2.05) is 0 Å². The number of hydrogen-bond donors (Lipinski definition) is 2. The number of carboxylic acid groups (broad SMARTS) is 1. The molecule has 9 heteroatoms. The second-order valence-corrected chi connectivity index (χ2v) is 4.71. The molecule has 2 N–H and O–H groups in total. The lowest BCUT2D eigenvalue weighted by atomic mass is 10.3. The Hall–Kier alpha value is -2.87. The molecule has 2 heterocycles. The van der Waals surface area contributed by atoms with Crippen LogP contribution in [0.1, 0.15) is 16.2 Å². The molecule has 0 bridgehead atoms. The fraction of sp³-hybridized carbons (Fsp3) is 0.0769. The molecular formula is C13H9ClN4O4. The number of hydrogen-bond acceptors (Lipinski definition) is 5. The van der Waals surface area contributed by atoms with Crippen LogP contribution < -0.4 is 10.3 Å². The van der Waals surface area contributed by atoms with Gasteiger partial charge in [0.05, 0.1) is 11.2 Å². The smallest absolute Gasteiger partial charge is 0.343 e. The van der Waals surface area contributed by atoms with Gasteiger partial charge >= 0.3 is 5.97 Å². The van der Waals surface area contributed by atoms with E-state index in [1.54, 1.807) is 24.3 Å². The zero-order valence-corrected chi connectivity index (χ0v) is 11.7. The van der Waals surface area contributed by atoms with Crippen molar-refractivity contribution in [3.63, 3.8) is 0 Å². The molecule has 3 rings (SSSR count).